The van der Waals surface area contributed by atoms with Crippen molar-refractivity contribution in [1.82, 2.24) is 0 Å². The first kappa shape index (κ1) is 14.8. The number of benzene rings is 2. The largest absolute Gasteiger partial charge is 0.497 e. The first-order chi connectivity index (χ1) is 11.7. The molecule has 2 aromatic rings. The Kier molecular flexibility index (Phi) is 3.49. The number of nitro benzene ring substituents is 1. The zero-order valence-electron chi connectivity index (χ0n) is 13.3. The Morgan fingerprint density at radius 3 is 2.92 bits per heavy atom. The van der Waals surface area contributed by atoms with Gasteiger partial charge in [0.25, 0.3) is 5.69 Å². The number of nitrogens with zero attached hydrogens (tertiary/aromatic N) is 1. The van der Waals surface area contributed by atoms with Gasteiger partial charge in [-0.05, 0) is 41.7 Å². The average Bonchev–Trinajstić information content (AvgIpc) is 3.10. The first-order valence-corrected chi connectivity index (χ1v) is 8.03. The van der Waals surface area contributed by atoms with Crippen LogP contribution in [-0.2, 0) is 0 Å². The Morgan fingerprint density at radius 1 is 1.25 bits per heavy atom. The predicted molar refractivity (Wildman–Crippen MR) is 92.4 cm³/mol. The summed E-state index contributed by atoms with van der Waals surface area (Å²) in [5, 5.41) is 14.7. The van der Waals surface area contributed by atoms with Crippen LogP contribution < -0.4 is 10.1 Å². The molecule has 0 spiro atoms. The highest BCUT2D eigenvalue weighted by atomic mass is 16.6. The third kappa shape index (κ3) is 2.33. The number of hydrogen-bond donors (Lipinski definition) is 1. The number of anilines is 1. The van der Waals surface area contributed by atoms with Crippen LogP contribution in [0, 0.1) is 16.0 Å². The molecule has 0 unspecified atom stereocenters. The van der Waals surface area contributed by atoms with Gasteiger partial charge < -0.3 is 10.1 Å². The van der Waals surface area contributed by atoms with E-state index in [1.54, 1.807) is 19.2 Å². The van der Waals surface area contributed by atoms with E-state index in [1.807, 2.05) is 18.2 Å². The molecule has 0 amide bonds. The van der Waals surface area contributed by atoms with Crippen LogP contribution in [0.5, 0.6) is 5.75 Å². The molecule has 0 aromatic heterocycles. The fraction of sp³-hybridized carbons (Fsp3) is 0.263. The van der Waals surface area contributed by atoms with E-state index in [4.69, 9.17) is 4.74 Å². The lowest BCUT2D eigenvalue weighted by molar-refractivity contribution is -0.384. The number of non-ortho nitro benzene ring substituents is 1. The topological polar surface area (TPSA) is 64.4 Å². The fourth-order valence-electron chi connectivity index (χ4n) is 3.86. The molecule has 2 aromatic carbocycles. The summed E-state index contributed by atoms with van der Waals surface area (Å²) in [5.41, 5.74) is 3.40. The summed E-state index contributed by atoms with van der Waals surface area (Å²) in [6, 6.07) is 13.1. The van der Waals surface area contributed by atoms with Gasteiger partial charge in [0.05, 0.1) is 18.1 Å². The molecule has 0 fully saturated rings. The Morgan fingerprint density at radius 2 is 2.12 bits per heavy atom. The van der Waals surface area contributed by atoms with Gasteiger partial charge in [0, 0.05) is 23.7 Å². The summed E-state index contributed by atoms with van der Waals surface area (Å²) < 4.78 is 5.36. The molecule has 0 radical (unpaired) electrons. The van der Waals surface area contributed by atoms with Crippen molar-refractivity contribution in [3.05, 3.63) is 75.9 Å². The van der Waals surface area contributed by atoms with E-state index in [0.717, 1.165) is 23.4 Å². The minimum atomic E-state index is -0.338. The maximum atomic E-state index is 11.1. The van der Waals surface area contributed by atoms with Gasteiger partial charge >= 0.3 is 0 Å². The summed E-state index contributed by atoms with van der Waals surface area (Å²) in [6.45, 7) is 0. The number of hydrogen-bond acceptors (Lipinski definition) is 4. The van der Waals surface area contributed by atoms with Gasteiger partial charge in [-0.2, -0.15) is 0 Å². The van der Waals surface area contributed by atoms with Gasteiger partial charge in [-0.3, -0.25) is 10.1 Å². The van der Waals surface area contributed by atoms with Crippen molar-refractivity contribution >= 4 is 11.4 Å². The molecule has 4 rings (SSSR count). The molecule has 1 heterocycles. The minimum absolute atomic E-state index is 0.0609. The Bertz CT molecular complexity index is 831. The fourth-order valence-corrected chi connectivity index (χ4v) is 3.86. The van der Waals surface area contributed by atoms with Gasteiger partial charge in [0.15, 0.2) is 0 Å². The third-order valence-electron chi connectivity index (χ3n) is 5.01. The highest BCUT2D eigenvalue weighted by molar-refractivity contribution is 5.62. The lowest BCUT2D eigenvalue weighted by atomic mass is 9.77. The number of ether oxygens (including phenoxy) is 1. The van der Waals surface area contributed by atoms with Crippen LogP contribution >= 0.6 is 0 Å². The summed E-state index contributed by atoms with van der Waals surface area (Å²) >= 11 is 0. The molecular formula is C19H18N2O3. The maximum Gasteiger partial charge on any atom is 0.269 e. The lowest BCUT2D eigenvalue weighted by Gasteiger charge is -2.37. The molecule has 5 nitrogen and oxygen atoms in total. The van der Waals surface area contributed by atoms with Gasteiger partial charge in [0.2, 0.25) is 0 Å². The number of allylic oxidation sites excluding steroid dienone is 2. The van der Waals surface area contributed by atoms with Gasteiger partial charge in [-0.1, -0.05) is 24.3 Å². The molecular weight excluding hydrogens is 304 g/mol. The number of methoxy groups -OCH3 is 1. The molecule has 122 valence electrons. The second kappa shape index (κ2) is 5.67. The van der Waals surface area contributed by atoms with E-state index in [1.165, 1.54) is 11.6 Å². The van der Waals surface area contributed by atoms with Crippen molar-refractivity contribution < 1.29 is 9.66 Å². The standard InChI is InChI=1S/C19H18N2O3/c1-24-14-8-9-18-17(11-14)15-6-3-7-16(15)19(20-18)12-4-2-5-13(10-12)21(22)23/h2-6,8-11,15-16,19-20H,7H2,1H3/t15-,16+,19-/m1/s1. The van der Waals surface area contributed by atoms with Crippen LogP contribution in [0.3, 0.4) is 0 Å². The van der Waals surface area contributed by atoms with E-state index < -0.39 is 0 Å². The molecule has 0 bridgehead atoms. The lowest BCUT2D eigenvalue weighted by Crippen LogP contribution is -2.29. The zero-order chi connectivity index (χ0) is 16.7. The quantitative estimate of drug-likeness (QED) is 0.516. The number of nitro groups is 1. The molecule has 0 saturated heterocycles. The Labute approximate surface area is 140 Å². The van der Waals surface area contributed by atoms with Gasteiger partial charge in [-0.15, -0.1) is 0 Å². The van der Waals surface area contributed by atoms with Crippen molar-refractivity contribution in [3.8, 4) is 5.75 Å². The second-order valence-corrected chi connectivity index (χ2v) is 6.28. The summed E-state index contributed by atoms with van der Waals surface area (Å²) in [5.74, 6) is 1.51. The average molecular weight is 322 g/mol. The van der Waals surface area contributed by atoms with Crippen molar-refractivity contribution in [1.29, 1.82) is 0 Å². The van der Waals surface area contributed by atoms with E-state index in [0.29, 0.717) is 11.8 Å². The first-order valence-electron chi connectivity index (χ1n) is 8.03. The smallest absolute Gasteiger partial charge is 0.269 e. The van der Waals surface area contributed by atoms with Crippen LogP contribution in [0.15, 0.2) is 54.6 Å². The maximum absolute atomic E-state index is 11.1. The summed E-state index contributed by atoms with van der Waals surface area (Å²) in [4.78, 5) is 10.8. The van der Waals surface area contributed by atoms with E-state index >= 15 is 0 Å². The van der Waals surface area contributed by atoms with Crippen LogP contribution in [-0.4, -0.2) is 12.0 Å². The van der Waals surface area contributed by atoms with Crippen LogP contribution in [0.2, 0.25) is 0 Å². The highest BCUT2D eigenvalue weighted by Gasteiger charge is 2.38. The monoisotopic (exact) mass is 322 g/mol. The summed E-state index contributed by atoms with van der Waals surface area (Å²) in [7, 11) is 1.67. The van der Waals surface area contributed by atoms with Crippen LogP contribution in [0.25, 0.3) is 0 Å². The van der Waals surface area contributed by atoms with Crippen molar-refractivity contribution in [2.75, 3.05) is 12.4 Å². The number of nitrogens with one attached hydrogen (secondary N) is 1. The van der Waals surface area contributed by atoms with Crippen molar-refractivity contribution in [3.63, 3.8) is 0 Å². The third-order valence-corrected chi connectivity index (χ3v) is 5.01. The molecule has 1 aliphatic heterocycles. The van der Waals surface area contributed by atoms with Crippen molar-refractivity contribution in [2.45, 2.75) is 18.4 Å². The van der Waals surface area contributed by atoms with Crippen LogP contribution in [0.1, 0.15) is 29.5 Å². The van der Waals surface area contributed by atoms with Crippen LogP contribution in [0.4, 0.5) is 11.4 Å². The van der Waals surface area contributed by atoms with E-state index in [2.05, 4.69) is 23.5 Å². The normalized spacial score (nSPS) is 24.0. The van der Waals surface area contributed by atoms with E-state index in [9.17, 15) is 10.1 Å². The minimum Gasteiger partial charge on any atom is -0.497 e. The number of fused-ring (bicyclic) bond motifs is 3. The zero-order valence-corrected chi connectivity index (χ0v) is 13.3. The molecule has 24 heavy (non-hydrogen) atoms. The van der Waals surface area contributed by atoms with E-state index in [-0.39, 0.29) is 16.7 Å². The molecule has 1 aliphatic carbocycles. The molecule has 2 aliphatic rings. The summed E-state index contributed by atoms with van der Waals surface area (Å²) in [6.07, 6.45) is 5.41. The molecule has 1 N–H and O–H groups in total. The molecule has 5 heteroatoms. The Balaban J connectivity index is 1.76. The van der Waals surface area contributed by atoms with Gasteiger partial charge in [-0.25, -0.2) is 0 Å². The number of rotatable bonds is 3. The SMILES string of the molecule is COc1ccc2c(c1)[C@@H]1C=CC[C@@H]1[C@@H](c1cccc([N+](=O)[O-])c1)N2. The highest BCUT2D eigenvalue weighted by Crippen LogP contribution is 2.50. The van der Waals surface area contributed by atoms with Crippen molar-refractivity contribution in [2.24, 2.45) is 5.92 Å². The predicted octanol–water partition coefficient (Wildman–Crippen LogP) is 4.43. The molecule has 3 atom stereocenters. The second-order valence-electron chi connectivity index (χ2n) is 6.28. The Hall–Kier alpha value is -2.82. The van der Waals surface area contributed by atoms with Gasteiger partial charge in [0.1, 0.15) is 5.75 Å². The molecule has 0 saturated carbocycles.